The first-order valence-electron chi connectivity index (χ1n) is 5.38. The number of carbonyl (C=O) groups excluding carboxylic acids is 1. The molecule has 1 atom stereocenters. The van der Waals surface area contributed by atoms with Gasteiger partial charge in [0.1, 0.15) is 5.54 Å². The summed E-state index contributed by atoms with van der Waals surface area (Å²) in [5.74, 6) is -0.185. The molecule has 4 heteroatoms. The Labute approximate surface area is 93.0 Å². The number of nitrogens with one attached hydrogen (secondary N) is 1. The highest BCUT2D eigenvalue weighted by Crippen LogP contribution is 2.15. The minimum atomic E-state index is -0.541. The van der Waals surface area contributed by atoms with Crippen LogP contribution < -0.4 is 5.32 Å². The molecule has 0 bridgehead atoms. The number of likely N-dealkylation sites (N-methyl/N-ethyl adjacent to an activating group) is 1. The molecule has 0 saturated heterocycles. The molecule has 1 N–H and O–H groups in total. The molecule has 0 aromatic heterocycles. The minimum absolute atomic E-state index is 0.185. The fourth-order valence-corrected chi connectivity index (χ4v) is 1.46. The number of carbonyl (C=O) groups is 1. The Hall–Kier alpha value is -0.610. The van der Waals surface area contributed by atoms with Crippen LogP contribution in [0.25, 0.3) is 0 Å². The molecule has 0 aliphatic heterocycles. The van der Waals surface area contributed by atoms with E-state index in [0.29, 0.717) is 0 Å². The summed E-state index contributed by atoms with van der Waals surface area (Å²) < 4.78 is 4.77. The van der Waals surface area contributed by atoms with Crippen molar-refractivity contribution in [1.82, 2.24) is 10.2 Å². The monoisotopic (exact) mass is 216 g/mol. The SMILES string of the molecule is CNC(C)(CCCCN(C)C)C(=O)OC. The summed E-state index contributed by atoms with van der Waals surface area (Å²) in [7, 11) is 7.33. The Morgan fingerprint density at radius 1 is 1.40 bits per heavy atom. The van der Waals surface area contributed by atoms with E-state index < -0.39 is 5.54 Å². The zero-order valence-electron chi connectivity index (χ0n) is 10.6. The number of ether oxygens (including phenoxy) is 1. The second-order valence-corrected chi connectivity index (χ2v) is 4.33. The van der Waals surface area contributed by atoms with Crippen molar-refractivity contribution >= 4 is 5.97 Å². The van der Waals surface area contributed by atoms with Gasteiger partial charge in [0.2, 0.25) is 0 Å². The topological polar surface area (TPSA) is 41.6 Å². The molecule has 0 spiro atoms. The number of nitrogens with zero attached hydrogens (tertiary/aromatic N) is 1. The average Bonchev–Trinajstić information content (AvgIpc) is 2.22. The molecule has 0 fully saturated rings. The number of hydrogen-bond acceptors (Lipinski definition) is 4. The third kappa shape index (κ3) is 5.14. The van der Waals surface area contributed by atoms with Gasteiger partial charge < -0.3 is 15.0 Å². The quantitative estimate of drug-likeness (QED) is 0.506. The lowest BCUT2D eigenvalue weighted by atomic mass is 9.95. The van der Waals surface area contributed by atoms with Crippen LogP contribution in [-0.2, 0) is 9.53 Å². The number of unbranched alkanes of at least 4 members (excludes halogenated alkanes) is 1. The maximum atomic E-state index is 11.5. The summed E-state index contributed by atoms with van der Waals surface area (Å²) >= 11 is 0. The van der Waals surface area contributed by atoms with Gasteiger partial charge in [0.05, 0.1) is 7.11 Å². The van der Waals surface area contributed by atoms with Crippen molar-refractivity contribution in [2.45, 2.75) is 31.7 Å². The van der Waals surface area contributed by atoms with Gasteiger partial charge in [0.25, 0.3) is 0 Å². The van der Waals surface area contributed by atoms with Crippen LogP contribution in [0.4, 0.5) is 0 Å². The largest absolute Gasteiger partial charge is 0.468 e. The molecule has 90 valence electrons. The number of rotatable bonds is 7. The third-order valence-corrected chi connectivity index (χ3v) is 2.72. The summed E-state index contributed by atoms with van der Waals surface area (Å²) in [6.07, 6.45) is 2.93. The van der Waals surface area contributed by atoms with E-state index in [9.17, 15) is 4.79 Å². The number of esters is 1. The van der Waals surface area contributed by atoms with Crippen molar-refractivity contribution in [2.75, 3.05) is 34.8 Å². The Morgan fingerprint density at radius 2 is 2.00 bits per heavy atom. The molecule has 0 amide bonds. The van der Waals surface area contributed by atoms with Gasteiger partial charge in [-0.2, -0.15) is 0 Å². The predicted molar refractivity (Wildman–Crippen MR) is 61.9 cm³/mol. The van der Waals surface area contributed by atoms with Gasteiger partial charge in [-0.05, 0) is 53.9 Å². The van der Waals surface area contributed by atoms with E-state index in [-0.39, 0.29) is 5.97 Å². The van der Waals surface area contributed by atoms with Crippen LogP contribution in [0.3, 0.4) is 0 Å². The van der Waals surface area contributed by atoms with Crippen molar-refractivity contribution in [2.24, 2.45) is 0 Å². The van der Waals surface area contributed by atoms with Gasteiger partial charge in [-0.25, -0.2) is 0 Å². The molecule has 4 nitrogen and oxygen atoms in total. The summed E-state index contributed by atoms with van der Waals surface area (Å²) in [5.41, 5.74) is -0.541. The molecule has 15 heavy (non-hydrogen) atoms. The normalized spacial score (nSPS) is 15.1. The number of methoxy groups -OCH3 is 1. The van der Waals surface area contributed by atoms with Crippen LogP contribution in [0.2, 0.25) is 0 Å². The summed E-state index contributed by atoms with van der Waals surface area (Å²) in [4.78, 5) is 13.6. The highest BCUT2D eigenvalue weighted by Gasteiger charge is 2.31. The molecule has 0 aromatic rings. The second-order valence-electron chi connectivity index (χ2n) is 4.33. The van der Waals surface area contributed by atoms with Crippen molar-refractivity contribution in [3.05, 3.63) is 0 Å². The average molecular weight is 216 g/mol. The molecule has 0 rings (SSSR count). The van der Waals surface area contributed by atoms with Crippen molar-refractivity contribution in [3.63, 3.8) is 0 Å². The van der Waals surface area contributed by atoms with Crippen LogP contribution in [0.5, 0.6) is 0 Å². The first-order chi connectivity index (χ1) is 6.96. The third-order valence-electron chi connectivity index (χ3n) is 2.72. The smallest absolute Gasteiger partial charge is 0.325 e. The zero-order chi connectivity index (χ0) is 11.9. The highest BCUT2D eigenvalue weighted by atomic mass is 16.5. The van der Waals surface area contributed by atoms with Crippen molar-refractivity contribution in [1.29, 1.82) is 0 Å². The maximum Gasteiger partial charge on any atom is 0.325 e. The van der Waals surface area contributed by atoms with Crippen LogP contribution in [0, 0.1) is 0 Å². The first-order valence-corrected chi connectivity index (χ1v) is 5.38. The van der Waals surface area contributed by atoms with Gasteiger partial charge in [0, 0.05) is 0 Å². The van der Waals surface area contributed by atoms with Crippen LogP contribution in [0.1, 0.15) is 26.2 Å². The fraction of sp³-hybridized carbons (Fsp3) is 0.909. The summed E-state index contributed by atoms with van der Waals surface area (Å²) in [6.45, 7) is 2.94. The van der Waals surface area contributed by atoms with Gasteiger partial charge >= 0.3 is 5.97 Å². The minimum Gasteiger partial charge on any atom is -0.468 e. The number of hydrogen-bond donors (Lipinski definition) is 1. The van der Waals surface area contributed by atoms with E-state index in [0.717, 1.165) is 25.8 Å². The molecule has 0 aliphatic rings. The fourth-order valence-electron chi connectivity index (χ4n) is 1.46. The molecule has 0 aromatic carbocycles. The molecular weight excluding hydrogens is 192 g/mol. The van der Waals surface area contributed by atoms with E-state index in [1.807, 2.05) is 6.92 Å². The van der Waals surface area contributed by atoms with Crippen LogP contribution >= 0.6 is 0 Å². The Bertz CT molecular complexity index is 195. The van der Waals surface area contributed by atoms with E-state index in [1.54, 1.807) is 7.05 Å². The zero-order valence-corrected chi connectivity index (χ0v) is 10.6. The standard InChI is InChI=1S/C11H24N2O2/c1-11(12-2,10(14)15-5)8-6-7-9-13(3)4/h12H,6-9H2,1-5H3. The highest BCUT2D eigenvalue weighted by molar-refractivity contribution is 5.80. The lowest BCUT2D eigenvalue weighted by Gasteiger charge is -2.26. The molecule has 0 saturated carbocycles. The molecule has 1 unspecified atom stereocenters. The second kappa shape index (κ2) is 6.80. The molecule has 0 radical (unpaired) electrons. The van der Waals surface area contributed by atoms with Gasteiger partial charge in [-0.15, -0.1) is 0 Å². The first kappa shape index (κ1) is 14.4. The van der Waals surface area contributed by atoms with Gasteiger partial charge in [-0.3, -0.25) is 4.79 Å². The van der Waals surface area contributed by atoms with E-state index >= 15 is 0 Å². The Morgan fingerprint density at radius 3 is 2.40 bits per heavy atom. The predicted octanol–water partition coefficient (Wildman–Crippen LogP) is 0.869. The lowest BCUT2D eigenvalue weighted by molar-refractivity contribution is -0.148. The van der Waals surface area contributed by atoms with E-state index in [2.05, 4.69) is 24.3 Å². The Kier molecular flexibility index (Phi) is 6.52. The van der Waals surface area contributed by atoms with Crippen LogP contribution in [-0.4, -0.2) is 51.2 Å². The van der Waals surface area contributed by atoms with Gasteiger partial charge in [0.15, 0.2) is 0 Å². The molecule has 0 heterocycles. The van der Waals surface area contributed by atoms with Crippen molar-refractivity contribution in [3.8, 4) is 0 Å². The van der Waals surface area contributed by atoms with E-state index in [1.165, 1.54) is 7.11 Å². The summed E-state index contributed by atoms with van der Waals surface area (Å²) in [6, 6.07) is 0. The van der Waals surface area contributed by atoms with Crippen molar-refractivity contribution < 1.29 is 9.53 Å². The molecule has 0 aliphatic carbocycles. The summed E-state index contributed by atoms with van der Waals surface area (Å²) in [5, 5.41) is 3.03. The lowest BCUT2D eigenvalue weighted by Crippen LogP contribution is -2.48. The molecular formula is C11H24N2O2. The maximum absolute atomic E-state index is 11.5. The van der Waals surface area contributed by atoms with E-state index in [4.69, 9.17) is 4.74 Å². The Balaban J connectivity index is 3.94. The van der Waals surface area contributed by atoms with Gasteiger partial charge in [-0.1, -0.05) is 0 Å². The van der Waals surface area contributed by atoms with Crippen LogP contribution in [0.15, 0.2) is 0 Å².